The first-order chi connectivity index (χ1) is 5.88. The van der Waals surface area contributed by atoms with Gasteiger partial charge in [0.05, 0.1) is 12.5 Å². The van der Waals surface area contributed by atoms with Crippen LogP contribution >= 0.6 is 0 Å². The molecule has 0 radical (unpaired) electrons. The molecule has 0 aromatic carbocycles. The van der Waals surface area contributed by atoms with Gasteiger partial charge in [0, 0.05) is 11.9 Å². The SMILES string of the molecule is C=CN=Cc1nc[nH]c1CCC. The molecule has 0 aliphatic rings. The lowest BCUT2D eigenvalue weighted by atomic mass is 10.2. The fraction of sp³-hybridized carbons (Fsp3) is 0.333. The van der Waals surface area contributed by atoms with Crippen molar-refractivity contribution in [2.45, 2.75) is 19.8 Å². The topological polar surface area (TPSA) is 41.0 Å². The first-order valence-corrected chi connectivity index (χ1v) is 4.04. The standard InChI is InChI=1S/C9H13N3/c1-3-5-8-9(6-10-4-2)12-7-11-8/h4,6-7H,2-3,5H2,1H3,(H,11,12). The Morgan fingerprint density at radius 1 is 1.75 bits per heavy atom. The van der Waals surface area contributed by atoms with E-state index in [-0.39, 0.29) is 0 Å². The van der Waals surface area contributed by atoms with Crippen molar-refractivity contribution in [2.24, 2.45) is 4.99 Å². The molecule has 1 heterocycles. The third-order valence-corrected chi connectivity index (χ3v) is 1.55. The van der Waals surface area contributed by atoms with Crippen LogP contribution in [-0.2, 0) is 6.42 Å². The number of aromatic amines is 1. The summed E-state index contributed by atoms with van der Waals surface area (Å²) in [6.07, 6.45) is 7.03. The molecule has 0 amide bonds. The fourth-order valence-corrected chi connectivity index (χ4v) is 1.02. The third kappa shape index (κ3) is 2.05. The third-order valence-electron chi connectivity index (χ3n) is 1.55. The van der Waals surface area contributed by atoms with Crippen LogP contribution in [-0.4, -0.2) is 16.2 Å². The number of aromatic nitrogens is 2. The van der Waals surface area contributed by atoms with Gasteiger partial charge in [-0.15, -0.1) is 0 Å². The summed E-state index contributed by atoms with van der Waals surface area (Å²) in [6.45, 7) is 5.63. The first-order valence-electron chi connectivity index (χ1n) is 4.04. The highest BCUT2D eigenvalue weighted by atomic mass is 14.9. The summed E-state index contributed by atoms with van der Waals surface area (Å²) in [5, 5.41) is 0. The summed E-state index contributed by atoms with van der Waals surface area (Å²) in [6, 6.07) is 0. The van der Waals surface area contributed by atoms with Gasteiger partial charge in [-0.05, 0) is 6.42 Å². The number of aliphatic imine (C=N–C) groups is 1. The Morgan fingerprint density at radius 3 is 3.25 bits per heavy atom. The number of hydrogen-bond donors (Lipinski definition) is 1. The molecule has 0 saturated heterocycles. The zero-order chi connectivity index (χ0) is 8.81. The number of H-pyrrole nitrogens is 1. The summed E-state index contributed by atoms with van der Waals surface area (Å²) < 4.78 is 0. The number of aryl methyl sites for hydroxylation is 1. The molecule has 3 nitrogen and oxygen atoms in total. The van der Waals surface area contributed by atoms with Crippen LogP contribution in [0.1, 0.15) is 24.7 Å². The maximum atomic E-state index is 4.12. The highest BCUT2D eigenvalue weighted by Gasteiger charge is 1.99. The molecule has 1 N–H and O–H groups in total. The van der Waals surface area contributed by atoms with Gasteiger partial charge >= 0.3 is 0 Å². The van der Waals surface area contributed by atoms with Gasteiger partial charge in [0.2, 0.25) is 0 Å². The normalized spacial score (nSPS) is 10.8. The molecule has 1 rings (SSSR count). The monoisotopic (exact) mass is 163 g/mol. The van der Waals surface area contributed by atoms with Gasteiger partial charge in [0.1, 0.15) is 5.69 Å². The zero-order valence-electron chi connectivity index (χ0n) is 7.25. The largest absolute Gasteiger partial charge is 0.348 e. The minimum Gasteiger partial charge on any atom is -0.348 e. The van der Waals surface area contributed by atoms with E-state index in [4.69, 9.17) is 0 Å². The number of imidazole rings is 1. The van der Waals surface area contributed by atoms with E-state index in [0.717, 1.165) is 24.2 Å². The van der Waals surface area contributed by atoms with Gasteiger partial charge < -0.3 is 4.98 Å². The van der Waals surface area contributed by atoms with Crippen molar-refractivity contribution in [3.63, 3.8) is 0 Å². The Bertz CT molecular complexity index is 273. The molecular formula is C9H13N3. The van der Waals surface area contributed by atoms with Crippen molar-refractivity contribution >= 4 is 6.21 Å². The highest BCUT2D eigenvalue weighted by Crippen LogP contribution is 2.02. The average Bonchev–Trinajstić information content (AvgIpc) is 2.50. The molecule has 12 heavy (non-hydrogen) atoms. The molecule has 64 valence electrons. The Kier molecular flexibility index (Phi) is 3.26. The van der Waals surface area contributed by atoms with E-state index in [1.54, 1.807) is 12.5 Å². The molecule has 1 aromatic heterocycles. The molecule has 0 bridgehead atoms. The van der Waals surface area contributed by atoms with E-state index in [1.165, 1.54) is 6.20 Å². The summed E-state index contributed by atoms with van der Waals surface area (Å²) in [7, 11) is 0. The van der Waals surface area contributed by atoms with Crippen LogP contribution in [0.5, 0.6) is 0 Å². The summed E-state index contributed by atoms with van der Waals surface area (Å²) >= 11 is 0. The summed E-state index contributed by atoms with van der Waals surface area (Å²) in [5.74, 6) is 0. The van der Waals surface area contributed by atoms with Crippen molar-refractivity contribution in [2.75, 3.05) is 0 Å². The Balaban J connectivity index is 2.76. The van der Waals surface area contributed by atoms with E-state index in [2.05, 4.69) is 28.5 Å². The van der Waals surface area contributed by atoms with Gasteiger partial charge in [-0.25, -0.2) is 4.98 Å². The predicted octanol–water partition coefficient (Wildman–Crippen LogP) is 1.92. The van der Waals surface area contributed by atoms with Crippen molar-refractivity contribution in [1.82, 2.24) is 9.97 Å². The molecule has 3 heteroatoms. The first kappa shape index (κ1) is 8.71. The molecule has 0 spiro atoms. The van der Waals surface area contributed by atoms with Crippen LogP contribution in [0.15, 0.2) is 24.1 Å². The van der Waals surface area contributed by atoms with Crippen LogP contribution in [0.4, 0.5) is 0 Å². The average molecular weight is 163 g/mol. The van der Waals surface area contributed by atoms with Crippen LogP contribution in [0.2, 0.25) is 0 Å². The Hall–Kier alpha value is -1.38. The van der Waals surface area contributed by atoms with Gasteiger partial charge in [-0.3, -0.25) is 4.99 Å². The van der Waals surface area contributed by atoms with Crippen molar-refractivity contribution in [3.8, 4) is 0 Å². The lowest BCUT2D eigenvalue weighted by Crippen LogP contribution is -1.90. The number of nitrogens with one attached hydrogen (secondary N) is 1. The molecular weight excluding hydrogens is 150 g/mol. The molecule has 0 aliphatic carbocycles. The fourth-order valence-electron chi connectivity index (χ4n) is 1.02. The van der Waals surface area contributed by atoms with Crippen LogP contribution in [0.25, 0.3) is 0 Å². The van der Waals surface area contributed by atoms with Crippen molar-refractivity contribution in [3.05, 3.63) is 30.5 Å². The van der Waals surface area contributed by atoms with Crippen LogP contribution in [0.3, 0.4) is 0 Å². The predicted molar refractivity (Wildman–Crippen MR) is 50.4 cm³/mol. The van der Waals surface area contributed by atoms with E-state index in [9.17, 15) is 0 Å². The lowest BCUT2D eigenvalue weighted by Gasteiger charge is -1.93. The Morgan fingerprint density at radius 2 is 2.58 bits per heavy atom. The van der Waals surface area contributed by atoms with Gasteiger partial charge in [0.25, 0.3) is 0 Å². The van der Waals surface area contributed by atoms with E-state index < -0.39 is 0 Å². The van der Waals surface area contributed by atoms with Crippen molar-refractivity contribution < 1.29 is 0 Å². The lowest BCUT2D eigenvalue weighted by molar-refractivity contribution is 0.890. The molecule has 1 aromatic rings. The molecule has 0 fully saturated rings. The van der Waals surface area contributed by atoms with Crippen molar-refractivity contribution in [1.29, 1.82) is 0 Å². The number of rotatable bonds is 4. The second kappa shape index (κ2) is 4.49. The quantitative estimate of drug-likeness (QED) is 0.677. The summed E-state index contributed by atoms with van der Waals surface area (Å²) in [5.41, 5.74) is 2.06. The van der Waals surface area contributed by atoms with E-state index in [0.29, 0.717) is 0 Å². The second-order valence-electron chi connectivity index (χ2n) is 2.48. The van der Waals surface area contributed by atoms with Gasteiger partial charge in [-0.2, -0.15) is 0 Å². The second-order valence-corrected chi connectivity index (χ2v) is 2.48. The highest BCUT2D eigenvalue weighted by molar-refractivity contribution is 5.78. The zero-order valence-corrected chi connectivity index (χ0v) is 7.25. The van der Waals surface area contributed by atoms with Crippen LogP contribution < -0.4 is 0 Å². The number of nitrogens with zero attached hydrogens (tertiary/aromatic N) is 2. The maximum absolute atomic E-state index is 4.12. The van der Waals surface area contributed by atoms with E-state index in [1.807, 2.05) is 0 Å². The summed E-state index contributed by atoms with van der Waals surface area (Å²) in [4.78, 5) is 11.1. The molecule has 0 saturated carbocycles. The minimum atomic E-state index is 0.914. The van der Waals surface area contributed by atoms with E-state index >= 15 is 0 Å². The maximum Gasteiger partial charge on any atom is 0.102 e. The molecule has 0 aliphatic heterocycles. The Labute approximate surface area is 72.3 Å². The smallest absolute Gasteiger partial charge is 0.102 e. The minimum absolute atomic E-state index is 0.914. The molecule has 0 unspecified atom stereocenters. The van der Waals surface area contributed by atoms with Crippen LogP contribution in [0, 0.1) is 0 Å². The molecule has 0 atom stereocenters. The van der Waals surface area contributed by atoms with Gasteiger partial charge in [-0.1, -0.05) is 19.9 Å². The number of hydrogen-bond acceptors (Lipinski definition) is 2. The van der Waals surface area contributed by atoms with Gasteiger partial charge in [0.15, 0.2) is 0 Å².